The van der Waals surface area contributed by atoms with Crippen LogP contribution in [-0.4, -0.2) is 23.6 Å². The molecule has 2 aliphatic rings. The lowest BCUT2D eigenvalue weighted by molar-refractivity contribution is -0.121. The van der Waals surface area contributed by atoms with Crippen LogP contribution in [0, 0.1) is 5.92 Å². The number of fused-ring (bicyclic) bond motifs is 1. The molecule has 2 amide bonds. The van der Waals surface area contributed by atoms with Crippen LogP contribution in [0.1, 0.15) is 40.2 Å². The van der Waals surface area contributed by atoms with Crippen molar-refractivity contribution in [2.45, 2.75) is 25.2 Å². The minimum atomic E-state index is -0.517. The number of carbonyl (C=O) groups is 2. The predicted octanol–water partition coefficient (Wildman–Crippen LogP) is 2.89. The SMILES string of the molecule is O=C(NO)c1ccc2c(c1)C(C1CCN(c3ccccc3)C1=O)CC2. The van der Waals surface area contributed by atoms with Crippen LogP contribution in [-0.2, 0) is 11.2 Å². The predicted molar refractivity (Wildman–Crippen MR) is 93.7 cm³/mol. The van der Waals surface area contributed by atoms with Gasteiger partial charge < -0.3 is 4.90 Å². The monoisotopic (exact) mass is 336 g/mol. The highest BCUT2D eigenvalue weighted by molar-refractivity contribution is 5.98. The first kappa shape index (κ1) is 15.8. The molecule has 2 unspecified atom stereocenters. The third-order valence-electron chi connectivity index (χ3n) is 5.43. The maximum Gasteiger partial charge on any atom is 0.274 e. The molecular weight excluding hydrogens is 316 g/mol. The molecule has 0 radical (unpaired) electrons. The van der Waals surface area contributed by atoms with Crippen molar-refractivity contribution in [2.75, 3.05) is 11.4 Å². The van der Waals surface area contributed by atoms with E-state index >= 15 is 0 Å². The van der Waals surface area contributed by atoms with Gasteiger partial charge in [0.25, 0.3) is 5.91 Å². The Morgan fingerprint density at radius 1 is 1.08 bits per heavy atom. The van der Waals surface area contributed by atoms with E-state index in [1.165, 1.54) is 5.56 Å². The number of nitrogens with one attached hydrogen (secondary N) is 1. The molecule has 5 heteroatoms. The number of anilines is 1. The molecule has 0 spiro atoms. The van der Waals surface area contributed by atoms with E-state index in [0.29, 0.717) is 5.56 Å². The van der Waals surface area contributed by atoms with Crippen LogP contribution in [0.25, 0.3) is 0 Å². The van der Waals surface area contributed by atoms with Gasteiger partial charge in [0, 0.05) is 23.7 Å². The summed E-state index contributed by atoms with van der Waals surface area (Å²) in [6.07, 6.45) is 2.68. The molecule has 128 valence electrons. The highest BCUT2D eigenvalue weighted by Gasteiger charge is 2.41. The number of amides is 2. The summed E-state index contributed by atoms with van der Waals surface area (Å²) in [5.74, 6) is -0.255. The first-order chi connectivity index (χ1) is 12.2. The molecule has 2 aromatic rings. The maximum absolute atomic E-state index is 13.0. The fraction of sp³-hybridized carbons (Fsp3) is 0.300. The van der Waals surface area contributed by atoms with Crippen LogP contribution in [0.15, 0.2) is 48.5 Å². The van der Waals surface area contributed by atoms with E-state index in [1.54, 1.807) is 11.5 Å². The summed E-state index contributed by atoms with van der Waals surface area (Å²) in [6.45, 7) is 0.732. The molecular formula is C20H20N2O3. The van der Waals surface area contributed by atoms with Gasteiger partial charge in [-0.15, -0.1) is 0 Å². The Bertz CT molecular complexity index is 819. The lowest BCUT2D eigenvalue weighted by atomic mass is 9.85. The zero-order valence-corrected chi connectivity index (χ0v) is 13.8. The molecule has 0 saturated carbocycles. The topological polar surface area (TPSA) is 69.6 Å². The van der Waals surface area contributed by atoms with Gasteiger partial charge in [-0.25, -0.2) is 5.48 Å². The third kappa shape index (κ3) is 2.70. The summed E-state index contributed by atoms with van der Waals surface area (Å²) in [6, 6.07) is 15.3. The Labute approximate surface area is 146 Å². The molecule has 5 nitrogen and oxygen atoms in total. The number of hydrogen-bond acceptors (Lipinski definition) is 3. The second-order valence-corrected chi connectivity index (χ2v) is 6.72. The van der Waals surface area contributed by atoms with Crippen LogP contribution in [0.5, 0.6) is 0 Å². The Balaban J connectivity index is 1.61. The lowest BCUT2D eigenvalue weighted by Crippen LogP contribution is -2.29. The summed E-state index contributed by atoms with van der Waals surface area (Å²) in [4.78, 5) is 26.6. The van der Waals surface area contributed by atoms with Gasteiger partial charge in [-0.1, -0.05) is 24.3 Å². The average molecular weight is 336 g/mol. The molecule has 1 aliphatic carbocycles. The number of carbonyl (C=O) groups excluding carboxylic acids is 2. The van der Waals surface area contributed by atoms with E-state index in [2.05, 4.69) is 0 Å². The van der Waals surface area contributed by atoms with Crippen molar-refractivity contribution in [1.29, 1.82) is 0 Å². The summed E-state index contributed by atoms with van der Waals surface area (Å²) < 4.78 is 0. The van der Waals surface area contributed by atoms with Crippen LogP contribution >= 0.6 is 0 Å². The lowest BCUT2D eigenvalue weighted by Gasteiger charge is -2.21. The van der Waals surface area contributed by atoms with Crippen molar-refractivity contribution in [3.05, 3.63) is 65.2 Å². The summed E-state index contributed by atoms with van der Waals surface area (Å²) in [5, 5.41) is 8.86. The summed E-state index contributed by atoms with van der Waals surface area (Å²) >= 11 is 0. The number of hydroxylamine groups is 1. The fourth-order valence-electron chi connectivity index (χ4n) is 4.20. The number of aryl methyl sites for hydroxylation is 1. The van der Waals surface area contributed by atoms with Crippen molar-refractivity contribution in [2.24, 2.45) is 5.92 Å². The largest absolute Gasteiger partial charge is 0.312 e. The van der Waals surface area contributed by atoms with Gasteiger partial charge in [0.05, 0.1) is 0 Å². The number of rotatable bonds is 3. The van der Waals surface area contributed by atoms with Crippen LogP contribution < -0.4 is 10.4 Å². The van der Waals surface area contributed by atoms with Crippen molar-refractivity contribution in [1.82, 2.24) is 5.48 Å². The van der Waals surface area contributed by atoms with Crippen LogP contribution in [0.2, 0.25) is 0 Å². The highest BCUT2D eigenvalue weighted by atomic mass is 16.5. The minimum Gasteiger partial charge on any atom is -0.312 e. The van der Waals surface area contributed by atoms with Gasteiger partial charge in [-0.05, 0) is 60.6 Å². The van der Waals surface area contributed by atoms with E-state index in [1.807, 2.05) is 47.4 Å². The van der Waals surface area contributed by atoms with E-state index in [0.717, 1.165) is 37.1 Å². The zero-order valence-electron chi connectivity index (χ0n) is 13.8. The molecule has 4 rings (SSSR count). The molecule has 2 aromatic carbocycles. The Morgan fingerprint density at radius 2 is 1.88 bits per heavy atom. The second kappa shape index (κ2) is 6.33. The van der Waals surface area contributed by atoms with Gasteiger partial charge in [0.1, 0.15) is 0 Å². The minimum absolute atomic E-state index is 0.0473. The van der Waals surface area contributed by atoms with Gasteiger partial charge >= 0.3 is 0 Å². The summed E-state index contributed by atoms with van der Waals surface area (Å²) in [5.41, 5.74) is 5.33. The molecule has 1 aliphatic heterocycles. The molecule has 0 aromatic heterocycles. The molecule has 2 N–H and O–H groups in total. The smallest absolute Gasteiger partial charge is 0.274 e. The first-order valence-electron chi connectivity index (χ1n) is 8.62. The van der Waals surface area contributed by atoms with E-state index < -0.39 is 5.91 Å². The number of para-hydroxylation sites is 1. The molecule has 1 heterocycles. The van der Waals surface area contributed by atoms with Crippen LogP contribution in [0.4, 0.5) is 5.69 Å². The van der Waals surface area contributed by atoms with Gasteiger partial charge in [0.2, 0.25) is 5.91 Å². The molecule has 2 atom stereocenters. The molecule has 1 fully saturated rings. The third-order valence-corrected chi connectivity index (χ3v) is 5.43. The molecule has 25 heavy (non-hydrogen) atoms. The van der Waals surface area contributed by atoms with E-state index in [-0.39, 0.29) is 17.7 Å². The Kier molecular flexibility index (Phi) is 4.01. The average Bonchev–Trinajstić information content (AvgIpc) is 3.24. The van der Waals surface area contributed by atoms with Crippen molar-refractivity contribution < 1.29 is 14.8 Å². The van der Waals surface area contributed by atoms with Crippen molar-refractivity contribution >= 4 is 17.5 Å². The fourth-order valence-corrected chi connectivity index (χ4v) is 4.20. The maximum atomic E-state index is 13.0. The standard InChI is InChI=1S/C20H20N2O3/c23-19(21-25)14-7-6-13-8-9-16(18(13)12-14)17-10-11-22(20(17)24)15-4-2-1-3-5-15/h1-7,12,16-17,25H,8-11H2,(H,21,23). The molecule has 0 bridgehead atoms. The summed E-state index contributed by atoms with van der Waals surface area (Å²) in [7, 11) is 0. The van der Waals surface area contributed by atoms with Crippen molar-refractivity contribution in [3.8, 4) is 0 Å². The first-order valence-corrected chi connectivity index (χ1v) is 8.62. The van der Waals surface area contributed by atoms with Gasteiger partial charge in [-0.3, -0.25) is 14.8 Å². The zero-order chi connectivity index (χ0) is 17.4. The van der Waals surface area contributed by atoms with Crippen molar-refractivity contribution in [3.63, 3.8) is 0 Å². The quantitative estimate of drug-likeness (QED) is 0.669. The number of hydrogen-bond donors (Lipinski definition) is 2. The van der Waals surface area contributed by atoms with Gasteiger partial charge in [0.15, 0.2) is 0 Å². The highest BCUT2D eigenvalue weighted by Crippen LogP contribution is 2.43. The van der Waals surface area contributed by atoms with E-state index in [9.17, 15) is 9.59 Å². The Morgan fingerprint density at radius 3 is 2.64 bits per heavy atom. The number of nitrogens with zero attached hydrogens (tertiary/aromatic N) is 1. The van der Waals surface area contributed by atoms with Crippen LogP contribution in [0.3, 0.4) is 0 Å². The van der Waals surface area contributed by atoms with Gasteiger partial charge in [-0.2, -0.15) is 0 Å². The van der Waals surface area contributed by atoms with E-state index in [4.69, 9.17) is 5.21 Å². The normalized spacial score (nSPS) is 22.1. The second-order valence-electron chi connectivity index (χ2n) is 6.72. The number of benzene rings is 2. The Hall–Kier alpha value is -2.66. The molecule has 1 saturated heterocycles.